The van der Waals surface area contributed by atoms with Crippen LogP contribution in [0.5, 0.6) is 0 Å². The molecule has 5 rings (SSSR count). The normalized spacial score (nSPS) is 15.2. The number of rotatable bonds is 9. The van der Waals surface area contributed by atoms with Crippen molar-refractivity contribution in [3.05, 3.63) is 94.5 Å². The van der Waals surface area contributed by atoms with E-state index in [2.05, 4.69) is 61.9 Å². The zero-order valence-electron chi connectivity index (χ0n) is 23.4. The summed E-state index contributed by atoms with van der Waals surface area (Å²) in [5, 5.41) is 9.89. The van der Waals surface area contributed by atoms with E-state index in [4.69, 9.17) is 0 Å². The molecule has 2 amide bonds. The van der Waals surface area contributed by atoms with Gasteiger partial charge in [0.25, 0.3) is 5.91 Å². The van der Waals surface area contributed by atoms with Crippen molar-refractivity contribution in [1.29, 1.82) is 0 Å². The lowest BCUT2D eigenvalue weighted by atomic mass is 10.1. The molecule has 1 aromatic heterocycles. The van der Waals surface area contributed by atoms with Crippen molar-refractivity contribution in [3.8, 4) is 17.1 Å². The molecule has 1 atom stereocenters. The third-order valence-electron chi connectivity index (χ3n) is 7.31. The van der Waals surface area contributed by atoms with Crippen molar-refractivity contribution < 1.29 is 9.59 Å². The average molecular weight is 633 g/mol. The van der Waals surface area contributed by atoms with Gasteiger partial charge in [-0.15, -0.1) is 10.2 Å². The first-order valence-corrected chi connectivity index (χ1v) is 15.7. The third-order valence-corrected chi connectivity index (χ3v) is 8.85. The Morgan fingerprint density at radius 3 is 2.37 bits per heavy atom. The number of nitrogens with zero attached hydrogens (tertiary/aromatic N) is 5. The Morgan fingerprint density at radius 2 is 1.66 bits per heavy atom. The maximum absolute atomic E-state index is 13.0. The first-order valence-electron chi connectivity index (χ1n) is 14.0. The second kappa shape index (κ2) is 13.5. The highest BCUT2D eigenvalue weighted by molar-refractivity contribution is 9.10. The molecule has 1 fully saturated rings. The van der Waals surface area contributed by atoms with E-state index in [0.717, 1.165) is 45.3 Å². The Morgan fingerprint density at radius 1 is 0.927 bits per heavy atom. The molecule has 1 unspecified atom stereocenters. The van der Waals surface area contributed by atoms with Crippen molar-refractivity contribution in [3.63, 3.8) is 0 Å². The lowest BCUT2D eigenvalue weighted by Gasteiger charge is -2.40. The van der Waals surface area contributed by atoms with Crippen molar-refractivity contribution in [1.82, 2.24) is 24.6 Å². The third kappa shape index (κ3) is 7.08. The summed E-state index contributed by atoms with van der Waals surface area (Å²) < 4.78 is 3.06. The topological polar surface area (TPSA) is 71.3 Å². The van der Waals surface area contributed by atoms with E-state index in [1.54, 1.807) is 11.8 Å². The molecule has 212 valence electrons. The van der Waals surface area contributed by atoms with Gasteiger partial charge in [-0.1, -0.05) is 75.7 Å². The highest BCUT2D eigenvalue weighted by Gasteiger charge is 2.30. The predicted octanol–water partition coefficient (Wildman–Crippen LogP) is 6.64. The Labute approximate surface area is 254 Å². The average Bonchev–Trinajstić information content (AvgIpc) is 3.41. The number of aromatic nitrogens is 3. The van der Waals surface area contributed by atoms with Crippen LogP contribution in [0, 0.1) is 6.92 Å². The first kappa shape index (κ1) is 29.1. The molecule has 0 bridgehead atoms. The molecule has 4 aromatic rings. The van der Waals surface area contributed by atoms with Gasteiger partial charge in [0.2, 0.25) is 5.91 Å². The number of carbonyl (C=O) groups excluding carboxylic acids is 2. The predicted molar refractivity (Wildman–Crippen MR) is 167 cm³/mol. The van der Waals surface area contributed by atoms with Crippen LogP contribution < -0.4 is 0 Å². The first-order chi connectivity index (χ1) is 19.9. The van der Waals surface area contributed by atoms with Crippen LogP contribution in [0.15, 0.2) is 88.5 Å². The Balaban J connectivity index is 1.12. The summed E-state index contributed by atoms with van der Waals surface area (Å²) >= 11 is 5.08. The lowest BCUT2D eigenvalue weighted by Crippen LogP contribution is -2.55. The van der Waals surface area contributed by atoms with Gasteiger partial charge in [-0.25, -0.2) is 0 Å². The molecule has 0 aliphatic carbocycles. The van der Waals surface area contributed by atoms with E-state index in [1.807, 2.05) is 71.3 Å². The van der Waals surface area contributed by atoms with Gasteiger partial charge in [-0.2, -0.15) is 0 Å². The highest BCUT2D eigenvalue weighted by atomic mass is 79.9. The van der Waals surface area contributed by atoms with Crippen molar-refractivity contribution in [2.24, 2.45) is 0 Å². The van der Waals surface area contributed by atoms with Crippen LogP contribution in [0.1, 0.15) is 42.1 Å². The van der Waals surface area contributed by atoms with Crippen LogP contribution in [0.2, 0.25) is 0 Å². The van der Waals surface area contributed by atoms with E-state index in [9.17, 15) is 9.59 Å². The molecule has 0 spiro atoms. The molecule has 0 N–H and O–H groups in total. The second-order valence-electron chi connectivity index (χ2n) is 10.3. The Bertz CT molecular complexity index is 1470. The molecule has 41 heavy (non-hydrogen) atoms. The summed E-state index contributed by atoms with van der Waals surface area (Å²) in [6, 6.07) is 25.9. The zero-order valence-corrected chi connectivity index (χ0v) is 25.8. The minimum atomic E-state index is -0.0219. The quantitative estimate of drug-likeness (QED) is 0.153. The fourth-order valence-electron chi connectivity index (χ4n) is 5.01. The molecule has 1 saturated heterocycles. The molecule has 0 radical (unpaired) electrons. The van der Waals surface area contributed by atoms with Gasteiger partial charge in [0, 0.05) is 59.1 Å². The number of benzene rings is 3. The van der Waals surface area contributed by atoms with Crippen LogP contribution in [-0.4, -0.2) is 67.8 Å². The lowest BCUT2D eigenvalue weighted by molar-refractivity contribution is -0.133. The minimum Gasteiger partial charge on any atom is -0.339 e. The standard InChI is InChI=1S/C32H34BrN5O2S/c1-23-11-17-28(18-12-23)38-30(25-8-4-3-5-9-25)34-35-32(38)41-21-7-6-10-29(39)36-19-20-37(24(2)22-36)31(40)26-13-15-27(33)16-14-26/h3-5,8-9,11-18,24H,6-7,10,19-22H2,1-2H3. The zero-order chi connectivity index (χ0) is 28.8. The van der Waals surface area contributed by atoms with E-state index in [0.29, 0.717) is 31.6 Å². The molecule has 0 saturated carbocycles. The van der Waals surface area contributed by atoms with E-state index < -0.39 is 0 Å². The van der Waals surface area contributed by atoms with Crippen LogP contribution >= 0.6 is 27.7 Å². The second-order valence-corrected chi connectivity index (χ2v) is 12.3. The summed E-state index contributed by atoms with van der Waals surface area (Å²) in [5.41, 5.74) is 3.93. The number of piperazine rings is 1. The number of halogens is 1. The van der Waals surface area contributed by atoms with E-state index in [-0.39, 0.29) is 17.9 Å². The Kier molecular flexibility index (Phi) is 9.57. The maximum Gasteiger partial charge on any atom is 0.254 e. The minimum absolute atomic E-state index is 0.0167. The molecule has 9 heteroatoms. The molecule has 7 nitrogen and oxygen atoms in total. The van der Waals surface area contributed by atoms with Crippen molar-refractivity contribution >= 4 is 39.5 Å². The number of aryl methyl sites for hydroxylation is 1. The number of thioether (sulfide) groups is 1. The van der Waals surface area contributed by atoms with Crippen LogP contribution in [0.3, 0.4) is 0 Å². The Hall–Kier alpha value is -3.43. The summed E-state index contributed by atoms with van der Waals surface area (Å²) in [6.45, 7) is 5.78. The van der Waals surface area contributed by atoms with Crippen molar-refractivity contribution in [2.45, 2.75) is 44.3 Å². The molecule has 1 aliphatic heterocycles. The van der Waals surface area contributed by atoms with E-state index >= 15 is 0 Å². The smallest absolute Gasteiger partial charge is 0.254 e. The van der Waals surface area contributed by atoms with Gasteiger partial charge in [0.15, 0.2) is 11.0 Å². The molecule has 3 aromatic carbocycles. The number of unbranched alkanes of at least 4 members (excludes halogenated alkanes) is 1. The van der Waals surface area contributed by atoms with Gasteiger partial charge >= 0.3 is 0 Å². The summed E-state index contributed by atoms with van der Waals surface area (Å²) in [7, 11) is 0. The monoisotopic (exact) mass is 631 g/mol. The number of carbonyl (C=O) groups is 2. The van der Waals surface area contributed by atoms with Crippen molar-refractivity contribution in [2.75, 3.05) is 25.4 Å². The largest absolute Gasteiger partial charge is 0.339 e. The fraction of sp³-hybridized carbons (Fsp3) is 0.312. The van der Waals surface area contributed by atoms with Gasteiger partial charge in [0.05, 0.1) is 0 Å². The molecule has 1 aliphatic rings. The fourth-order valence-corrected chi connectivity index (χ4v) is 6.22. The molecular weight excluding hydrogens is 598 g/mol. The summed E-state index contributed by atoms with van der Waals surface area (Å²) in [5.74, 6) is 1.84. The van der Waals surface area contributed by atoms with E-state index in [1.165, 1.54) is 5.56 Å². The van der Waals surface area contributed by atoms with Gasteiger partial charge in [0.1, 0.15) is 0 Å². The van der Waals surface area contributed by atoms with Gasteiger partial charge in [-0.05, 0) is 63.1 Å². The molecular formula is C32H34BrN5O2S. The van der Waals surface area contributed by atoms with Gasteiger partial charge in [-0.3, -0.25) is 14.2 Å². The molecule has 2 heterocycles. The van der Waals surface area contributed by atoms with Gasteiger partial charge < -0.3 is 9.80 Å². The SMILES string of the molecule is Cc1ccc(-n2c(SCCCCC(=O)N3CCN(C(=O)c4ccc(Br)cc4)C(C)C3)nnc2-c2ccccc2)cc1. The summed E-state index contributed by atoms with van der Waals surface area (Å²) in [6.07, 6.45) is 2.21. The van der Waals surface area contributed by atoms with Crippen LogP contribution in [0.25, 0.3) is 17.1 Å². The number of hydrogen-bond donors (Lipinski definition) is 0. The summed E-state index contributed by atoms with van der Waals surface area (Å²) in [4.78, 5) is 29.7. The van der Waals surface area contributed by atoms with Crippen LogP contribution in [0.4, 0.5) is 0 Å². The highest BCUT2D eigenvalue weighted by Crippen LogP contribution is 2.29. The van der Waals surface area contributed by atoms with Crippen LogP contribution in [-0.2, 0) is 4.79 Å². The number of hydrogen-bond acceptors (Lipinski definition) is 5. The maximum atomic E-state index is 13.0. The number of amides is 2.